The summed E-state index contributed by atoms with van der Waals surface area (Å²) in [7, 11) is 0. The Morgan fingerprint density at radius 1 is 0.906 bits per heavy atom. The number of carbonyl (C=O) groups is 1. The number of aliphatic hydroxyl groups is 5. The zero-order valence-corrected chi connectivity index (χ0v) is 16.6. The molecule has 1 saturated heterocycles. The summed E-state index contributed by atoms with van der Waals surface area (Å²) in [5.41, 5.74) is -0.582. The second-order valence-electron chi connectivity index (χ2n) is 7.55. The van der Waals surface area contributed by atoms with E-state index in [0.717, 1.165) is 18.2 Å². The molecule has 9 N–H and O–H groups in total. The van der Waals surface area contributed by atoms with Crippen LogP contribution in [-0.4, -0.2) is 88.9 Å². The second-order valence-corrected chi connectivity index (χ2v) is 7.55. The average molecular weight is 452 g/mol. The summed E-state index contributed by atoms with van der Waals surface area (Å²) in [6.45, 7) is -0.736. The minimum atomic E-state index is -1.82. The molecule has 1 aliphatic heterocycles. The number of hydrogen-bond acceptors (Lipinski definition) is 11. The number of phenolic OH excluding ortho intramolecular Hbond substituents is 4. The number of phenols is 4. The molecule has 11 heteroatoms. The maximum Gasteiger partial charge on any atom is 0.195 e. The van der Waals surface area contributed by atoms with Gasteiger partial charge in [0.05, 0.1) is 17.7 Å². The lowest BCUT2D eigenvalue weighted by Crippen LogP contribution is -2.55. The van der Waals surface area contributed by atoms with E-state index in [-0.39, 0.29) is 12.2 Å². The Balaban J connectivity index is 1.91. The van der Waals surface area contributed by atoms with Gasteiger partial charge in [-0.05, 0) is 29.8 Å². The van der Waals surface area contributed by atoms with Crippen LogP contribution >= 0.6 is 0 Å². The van der Waals surface area contributed by atoms with Crippen LogP contribution in [0.1, 0.15) is 27.6 Å². The minimum Gasteiger partial charge on any atom is -0.507 e. The highest BCUT2D eigenvalue weighted by Crippen LogP contribution is 2.43. The number of rotatable bonds is 6. The molecule has 0 amide bonds. The fraction of sp³-hybridized carbons (Fsp3) is 0.381. The van der Waals surface area contributed by atoms with Gasteiger partial charge in [0.25, 0.3) is 0 Å². The second kappa shape index (κ2) is 9.28. The van der Waals surface area contributed by atoms with Crippen LogP contribution < -0.4 is 0 Å². The average Bonchev–Trinajstić information content (AvgIpc) is 2.75. The monoisotopic (exact) mass is 452 g/mol. The van der Waals surface area contributed by atoms with Gasteiger partial charge in [0.2, 0.25) is 0 Å². The number of hydrogen-bond donors (Lipinski definition) is 9. The van der Waals surface area contributed by atoms with Crippen molar-refractivity contribution in [1.82, 2.24) is 0 Å². The van der Waals surface area contributed by atoms with Crippen LogP contribution in [0.3, 0.4) is 0 Å². The van der Waals surface area contributed by atoms with E-state index in [0.29, 0.717) is 5.56 Å². The molecule has 0 bridgehead atoms. The SMILES string of the molecule is O=C(c1ccc(O)c([C@H]2O[C@H](CO)[C@@H](O)[C@H](O)[C@H]2O)c1O)[C@H](O)Cc1ccc(O)c(O)c1. The molecule has 0 unspecified atom stereocenters. The lowest BCUT2D eigenvalue weighted by molar-refractivity contribution is -0.232. The third-order valence-corrected chi connectivity index (χ3v) is 5.41. The Morgan fingerprint density at radius 2 is 1.56 bits per heavy atom. The highest BCUT2D eigenvalue weighted by Gasteiger charge is 2.46. The van der Waals surface area contributed by atoms with Gasteiger partial charge in [-0.2, -0.15) is 0 Å². The first-order valence-electron chi connectivity index (χ1n) is 9.65. The number of ether oxygens (including phenoxy) is 1. The smallest absolute Gasteiger partial charge is 0.195 e. The Hall–Kier alpha value is -2.93. The topological polar surface area (TPSA) is 208 Å². The molecule has 2 aromatic carbocycles. The van der Waals surface area contributed by atoms with Gasteiger partial charge in [0.1, 0.15) is 48.1 Å². The van der Waals surface area contributed by atoms with Crippen molar-refractivity contribution < 1.29 is 55.5 Å². The van der Waals surface area contributed by atoms with Crippen LogP contribution in [0.25, 0.3) is 0 Å². The van der Waals surface area contributed by atoms with E-state index in [2.05, 4.69) is 0 Å². The van der Waals surface area contributed by atoms with E-state index in [4.69, 9.17) is 4.74 Å². The summed E-state index contributed by atoms with van der Waals surface area (Å²) in [6, 6.07) is 5.77. The largest absolute Gasteiger partial charge is 0.507 e. The number of Topliss-reactive ketones (excluding diaryl/α,β-unsaturated/α-hetero) is 1. The third-order valence-electron chi connectivity index (χ3n) is 5.41. The number of aliphatic hydroxyl groups excluding tert-OH is 5. The quantitative estimate of drug-likeness (QED) is 0.188. The lowest BCUT2D eigenvalue weighted by atomic mass is 9.88. The molecule has 0 spiro atoms. The standard InChI is InChI=1S/C21H24O11/c22-7-14-18(29)19(30)20(31)21(32-14)15-11(24)4-2-9(17(15)28)16(27)13(26)6-8-1-3-10(23)12(25)5-8/h1-5,13-14,18-26,28-31H,6-7H2/t13-,14-,18-,19+,20-,21-/m1/s1. The Kier molecular flexibility index (Phi) is 6.88. The van der Waals surface area contributed by atoms with Crippen molar-refractivity contribution in [3.63, 3.8) is 0 Å². The van der Waals surface area contributed by atoms with Gasteiger partial charge in [0, 0.05) is 6.42 Å². The molecule has 1 heterocycles. The first-order valence-corrected chi connectivity index (χ1v) is 9.65. The van der Waals surface area contributed by atoms with Gasteiger partial charge in [-0.3, -0.25) is 4.79 Å². The van der Waals surface area contributed by atoms with Crippen LogP contribution in [0.15, 0.2) is 30.3 Å². The molecule has 0 aromatic heterocycles. The summed E-state index contributed by atoms with van der Waals surface area (Å²) < 4.78 is 5.34. The van der Waals surface area contributed by atoms with E-state index >= 15 is 0 Å². The van der Waals surface area contributed by atoms with Gasteiger partial charge in [-0.25, -0.2) is 0 Å². The molecule has 11 nitrogen and oxygen atoms in total. The summed E-state index contributed by atoms with van der Waals surface area (Å²) in [5.74, 6) is -3.20. The van der Waals surface area contributed by atoms with Gasteiger partial charge >= 0.3 is 0 Å². The van der Waals surface area contributed by atoms with E-state index < -0.39 is 77.4 Å². The van der Waals surface area contributed by atoms with Crippen molar-refractivity contribution in [3.8, 4) is 23.0 Å². The number of aromatic hydroxyl groups is 4. The molecule has 174 valence electrons. The Morgan fingerprint density at radius 3 is 2.19 bits per heavy atom. The highest BCUT2D eigenvalue weighted by atomic mass is 16.5. The predicted molar refractivity (Wildman–Crippen MR) is 106 cm³/mol. The minimum absolute atomic E-state index is 0.275. The molecule has 1 aliphatic rings. The van der Waals surface area contributed by atoms with Crippen LogP contribution in [0.4, 0.5) is 0 Å². The van der Waals surface area contributed by atoms with Gasteiger partial charge in [0.15, 0.2) is 17.3 Å². The molecule has 0 aliphatic carbocycles. The van der Waals surface area contributed by atoms with Crippen molar-refractivity contribution in [2.75, 3.05) is 6.61 Å². The third kappa shape index (κ3) is 4.35. The van der Waals surface area contributed by atoms with Crippen LogP contribution in [-0.2, 0) is 11.2 Å². The number of ketones is 1. The molecule has 0 radical (unpaired) electrons. The number of benzene rings is 2. The molecular formula is C21H24O11. The van der Waals surface area contributed by atoms with Gasteiger partial charge in [-0.1, -0.05) is 6.07 Å². The molecule has 0 saturated carbocycles. The Labute approximate surface area is 181 Å². The molecule has 6 atom stereocenters. The van der Waals surface area contributed by atoms with E-state index in [1.54, 1.807) is 0 Å². The normalized spacial score (nSPS) is 26.6. The lowest BCUT2D eigenvalue weighted by Gasteiger charge is -2.40. The zero-order valence-electron chi connectivity index (χ0n) is 16.6. The van der Waals surface area contributed by atoms with Gasteiger partial charge in [-0.15, -0.1) is 0 Å². The summed E-state index contributed by atoms with van der Waals surface area (Å²) in [6.07, 6.45) is -10.1. The molecule has 2 aromatic rings. The van der Waals surface area contributed by atoms with Crippen molar-refractivity contribution in [3.05, 3.63) is 47.0 Å². The molecular weight excluding hydrogens is 428 g/mol. The first-order chi connectivity index (χ1) is 15.1. The zero-order chi connectivity index (χ0) is 23.7. The van der Waals surface area contributed by atoms with E-state index in [1.807, 2.05) is 0 Å². The maximum atomic E-state index is 12.8. The fourth-order valence-corrected chi connectivity index (χ4v) is 3.61. The van der Waals surface area contributed by atoms with Crippen molar-refractivity contribution in [2.45, 2.75) is 43.0 Å². The summed E-state index contributed by atoms with van der Waals surface area (Å²) in [5, 5.41) is 89.6. The van der Waals surface area contributed by atoms with Crippen molar-refractivity contribution in [2.24, 2.45) is 0 Å². The van der Waals surface area contributed by atoms with Gasteiger partial charge < -0.3 is 50.7 Å². The fourth-order valence-electron chi connectivity index (χ4n) is 3.61. The Bertz CT molecular complexity index is 990. The van der Waals surface area contributed by atoms with Crippen LogP contribution in [0.2, 0.25) is 0 Å². The summed E-state index contributed by atoms with van der Waals surface area (Å²) in [4.78, 5) is 12.8. The molecule has 3 rings (SSSR count). The first kappa shape index (κ1) is 23.7. The molecule has 32 heavy (non-hydrogen) atoms. The van der Waals surface area contributed by atoms with E-state index in [9.17, 15) is 50.8 Å². The number of carbonyl (C=O) groups excluding carboxylic acids is 1. The summed E-state index contributed by atoms with van der Waals surface area (Å²) >= 11 is 0. The van der Waals surface area contributed by atoms with Crippen molar-refractivity contribution in [1.29, 1.82) is 0 Å². The molecule has 1 fully saturated rings. The maximum absolute atomic E-state index is 12.8. The highest BCUT2D eigenvalue weighted by molar-refractivity contribution is 6.02. The van der Waals surface area contributed by atoms with E-state index in [1.165, 1.54) is 12.1 Å². The van der Waals surface area contributed by atoms with Crippen molar-refractivity contribution >= 4 is 5.78 Å². The van der Waals surface area contributed by atoms with Crippen LogP contribution in [0.5, 0.6) is 23.0 Å². The predicted octanol–water partition coefficient (Wildman–Crippen LogP) is -1.19. The van der Waals surface area contributed by atoms with Crippen LogP contribution in [0, 0.1) is 0 Å².